The molecule has 0 N–H and O–H groups in total. The number of aromatic nitrogens is 4. The number of amides is 1. The van der Waals surface area contributed by atoms with Gasteiger partial charge >= 0.3 is 0 Å². The summed E-state index contributed by atoms with van der Waals surface area (Å²) in [5, 5.41) is 12.2. The lowest BCUT2D eigenvalue weighted by molar-refractivity contribution is 0.0557. The van der Waals surface area contributed by atoms with E-state index in [1.54, 1.807) is 52.0 Å². The minimum atomic E-state index is -0.558. The Morgan fingerprint density at radius 2 is 1.74 bits per heavy atom. The van der Waals surface area contributed by atoms with E-state index in [1.165, 1.54) is 24.5 Å². The molecule has 5 rings (SSSR count). The van der Waals surface area contributed by atoms with Crippen LogP contribution in [-0.2, 0) is 6.54 Å². The van der Waals surface area contributed by atoms with Crippen molar-refractivity contribution in [2.24, 2.45) is 0 Å². The first-order valence-corrected chi connectivity index (χ1v) is 10.9. The molecule has 10 heteroatoms. The highest BCUT2D eigenvalue weighted by Gasteiger charge is 2.33. The van der Waals surface area contributed by atoms with Crippen molar-refractivity contribution >= 4 is 5.91 Å². The number of furan rings is 1. The van der Waals surface area contributed by atoms with Gasteiger partial charge in [0.1, 0.15) is 17.7 Å². The average molecular weight is 464 g/mol. The molecule has 1 amide bonds. The topological polar surface area (TPSA) is 80.3 Å². The fourth-order valence-electron chi connectivity index (χ4n) is 4.22. The SMILES string of the molecule is O=C(c1ccco1)N1CCN([C@@H](c2ccccc2F)c2nnnn2Cc2ccc(F)cc2)CC1. The first-order valence-electron chi connectivity index (χ1n) is 10.9. The lowest BCUT2D eigenvalue weighted by Crippen LogP contribution is -2.50. The highest BCUT2D eigenvalue weighted by Crippen LogP contribution is 2.30. The molecule has 1 aliphatic rings. The zero-order chi connectivity index (χ0) is 23.5. The van der Waals surface area contributed by atoms with Crippen LogP contribution in [0.25, 0.3) is 0 Å². The summed E-state index contributed by atoms with van der Waals surface area (Å²) in [6, 6.07) is 15.4. The van der Waals surface area contributed by atoms with E-state index in [1.807, 2.05) is 0 Å². The smallest absolute Gasteiger partial charge is 0.289 e. The maximum Gasteiger partial charge on any atom is 0.289 e. The molecule has 0 aliphatic carbocycles. The van der Waals surface area contributed by atoms with Crippen LogP contribution >= 0.6 is 0 Å². The van der Waals surface area contributed by atoms with Gasteiger partial charge in [0.15, 0.2) is 11.6 Å². The molecule has 1 atom stereocenters. The number of halogens is 2. The van der Waals surface area contributed by atoms with E-state index >= 15 is 0 Å². The zero-order valence-corrected chi connectivity index (χ0v) is 18.2. The summed E-state index contributed by atoms with van der Waals surface area (Å²) in [6.45, 7) is 2.20. The van der Waals surface area contributed by atoms with Crippen molar-refractivity contribution in [3.63, 3.8) is 0 Å². The van der Waals surface area contributed by atoms with Crippen molar-refractivity contribution in [1.29, 1.82) is 0 Å². The van der Waals surface area contributed by atoms with Crippen molar-refractivity contribution in [2.45, 2.75) is 12.6 Å². The van der Waals surface area contributed by atoms with Crippen LogP contribution in [0.4, 0.5) is 8.78 Å². The van der Waals surface area contributed by atoms with Crippen LogP contribution in [0.5, 0.6) is 0 Å². The minimum absolute atomic E-state index is 0.173. The third-order valence-corrected chi connectivity index (χ3v) is 5.95. The summed E-state index contributed by atoms with van der Waals surface area (Å²) in [7, 11) is 0. The molecule has 0 bridgehead atoms. The number of hydrogen-bond donors (Lipinski definition) is 0. The van der Waals surface area contributed by atoms with E-state index in [2.05, 4.69) is 20.4 Å². The Bertz CT molecular complexity index is 1250. The monoisotopic (exact) mass is 464 g/mol. The van der Waals surface area contributed by atoms with Gasteiger partial charge in [0.05, 0.1) is 12.8 Å². The highest BCUT2D eigenvalue weighted by atomic mass is 19.1. The Hall–Kier alpha value is -3.92. The second-order valence-corrected chi connectivity index (χ2v) is 8.05. The molecule has 34 heavy (non-hydrogen) atoms. The molecular weight excluding hydrogens is 442 g/mol. The van der Waals surface area contributed by atoms with Crippen molar-refractivity contribution < 1.29 is 18.0 Å². The van der Waals surface area contributed by atoms with E-state index in [9.17, 15) is 13.6 Å². The lowest BCUT2D eigenvalue weighted by Gasteiger charge is -2.38. The summed E-state index contributed by atoms with van der Waals surface area (Å²) in [6.07, 6.45) is 1.47. The van der Waals surface area contributed by atoms with E-state index < -0.39 is 6.04 Å². The van der Waals surface area contributed by atoms with E-state index in [0.717, 1.165) is 5.56 Å². The van der Waals surface area contributed by atoms with Crippen LogP contribution in [0, 0.1) is 11.6 Å². The molecular formula is C24H22F2N6O2. The molecule has 1 saturated heterocycles. The number of nitrogens with zero attached hydrogens (tertiary/aromatic N) is 6. The molecule has 0 unspecified atom stereocenters. The van der Waals surface area contributed by atoms with Gasteiger partial charge < -0.3 is 9.32 Å². The second-order valence-electron chi connectivity index (χ2n) is 8.05. The molecule has 2 aromatic heterocycles. The Morgan fingerprint density at radius 1 is 0.971 bits per heavy atom. The van der Waals surface area contributed by atoms with Gasteiger partial charge in [-0.25, -0.2) is 13.5 Å². The molecule has 0 spiro atoms. The van der Waals surface area contributed by atoms with Crippen LogP contribution in [0.2, 0.25) is 0 Å². The molecule has 2 aromatic carbocycles. The number of tetrazole rings is 1. The van der Waals surface area contributed by atoms with Crippen molar-refractivity contribution in [1.82, 2.24) is 30.0 Å². The fourth-order valence-corrected chi connectivity index (χ4v) is 4.22. The maximum absolute atomic E-state index is 15.0. The largest absolute Gasteiger partial charge is 0.459 e. The van der Waals surface area contributed by atoms with Crippen molar-refractivity contribution in [3.05, 3.63) is 101 Å². The van der Waals surface area contributed by atoms with Crippen LogP contribution in [0.15, 0.2) is 71.3 Å². The van der Waals surface area contributed by atoms with Gasteiger partial charge in [-0.3, -0.25) is 9.69 Å². The van der Waals surface area contributed by atoms with Gasteiger partial charge in [0.2, 0.25) is 0 Å². The van der Waals surface area contributed by atoms with E-state index in [4.69, 9.17) is 4.42 Å². The minimum Gasteiger partial charge on any atom is -0.459 e. The number of carbonyl (C=O) groups is 1. The van der Waals surface area contributed by atoms with Gasteiger partial charge in [-0.1, -0.05) is 30.3 Å². The Morgan fingerprint density at radius 3 is 2.44 bits per heavy atom. The third kappa shape index (κ3) is 4.44. The predicted octanol–water partition coefficient (Wildman–Crippen LogP) is 3.14. The Balaban J connectivity index is 1.42. The molecule has 1 fully saturated rings. The second kappa shape index (κ2) is 9.52. The summed E-state index contributed by atoms with van der Waals surface area (Å²) >= 11 is 0. The molecule has 1 aliphatic heterocycles. The van der Waals surface area contributed by atoms with Crippen molar-refractivity contribution in [2.75, 3.05) is 26.2 Å². The number of rotatable bonds is 6. The number of benzene rings is 2. The molecule has 0 radical (unpaired) electrons. The summed E-state index contributed by atoms with van der Waals surface area (Å²) in [5.74, 6) is -0.0966. The summed E-state index contributed by atoms with van der Waals surface area (Å²) in [5.41, 5.74) is 1.26. The molecule has 3 heterocycles. The van der Waals surface area contributed by atoms with Gasteiger partial charge in [-0.05, 0) is 46.3 Å². The van der Waals surface area contributed by atoms with E-state index in [-0.39, 0.29) is 17.5 Å². The number of hydrogen-bond acceptors (Lipinski definition) is 6. The maximum atomic E-state index is 15.0. The fraction of sp³-hybridized carbons (Fsp3) is 0.250. The Kier molecular flexibility index (Phi) is 6.13. The Labute approximate surface area is 194 Å². The number of piperazine rings is 1. The zero-order valence-electron chi connectivity index (χ0n) is 18.2. The molecule has 8 nitrogen and oxygen atoms in total. The van der Waals surface area contributed by atoms with Crippen LogP contribution < -0.4 is 0 Å². The first-order chi connectivity index (χ1) is 16.6. The van der Waals surface area contributed by atoms with Gasteiger partial charge in [-0.2, -0.15) is 0 Å². The van der Waals surface area contributed by atoms with Crippen molar-refractivity contribution in [3.8, 4) is 0 Å². The predicted molar refractivity (Wildman–Crippen MR) is 118 cm³/mol. The molecule has 0 saturated carbocycles. The molecule has 174 valence electrons. The first kappa shape index (κ1) is 21.9. The standard InChI is InChI=1S/C24H22F2N6O2/c25-18-9-7-17(8-10-18)16-32-23(27-28-29-32)22(19-4-1-2-5-20(19)26)30-11-13-31(14-12-30)24(33)21-6-3-15-34-21/h1-10,15,22H,11-14,16H2/t22-/m0/s1. The van der Waals surface area contributed by atoms with Crippen LogP contribution in [0.1, 0.15) is 33.5 Å². The quantitative estimate of drug-likeness (QED) is 0.436. The lowest BCUT2D eigenvalue weighted by atomic mass is 10.0. The summed E-state index contributed by atoms with van der Waals surface area (Å²) < 4.78 is 35.1. The summed E-state index contributed by atoms with van der Waals surface area (Å²) in [4.78, 5) is 16.4. The van der Waals surface area contributed by atoms with E-state index in [0.29, 0.717) is 49.9 Å². The van der Waals surface area contributed by atoms with Crippen LogP contribution in [0.3, 0.4) is 0 Å². The van der Waals surface area contributed by atoms with Gasteiger partial charge in [-0.15, -0.1) is 5.10 Å². The third-order valence-electron chi connectivity index (χ3n) is 5.95. The molecule has 4 aromatic rings. The van der Waals surface area contributed by atoms with Crippen LogP contribution in [-0.4, -0.2) is 62.1 Å². The van der Waals surface area contributed by atoms with Gasteiger partial charge in [0.25, 0.3) is 5.91 Å². The normalized spacial score (nSPS) is 15.4. The average Bonchev–Trinajstić information content (AvgIpc) is 3.55. The van der Waals surface area contributed by atoms with Gasteiger partial charge in [0, 0.05) is 31.7 Å². The highest BCUT2D eigenvalue weighted by molar-refractivity contribution is 5.91. The number of carbonyl (C=O) groups excluding carboxylic acids is 1.